The Bertz CT molecular complexity index is 846. The lowest BCUT2D eigenvalue weighted by molar-refractivity contribution is -0.149. The highest BCUT2D eigenvalue weighted by Crippen LogP contribution is 2.25. The molecule has 0 bridgehead atoms. The summed E-state index contributed by atoms with van der Waals surface area (Å²) in [5, 5.41) is 2.52. The van der Waals surface area contributed by atoms with Crippen LogP contribution in [-0.4, -0.2) is 38.2 Å². The van der Waals surface area contributed by atoms with Crippen molar-refractivity contribution in [1.82, 2.24) is 0 Å². The third-order valence-corrected chi connectivity index (χ3v) is 3.86. The molecule has 0 radical (unpaired) electrons. The fourth-order valence-corrected chi connectivity index (χ4v) is 2.48. The monoisotopic (exact) mass is 385 g/mol. The molecule has 7 nitrogen and oxygen atoms in total. The van der Waals surface area contributed by atoms with Gasteiger partial charge in [0.05, 0.1) is 18.4 Å². The lowest BCUT2D eigenvalue weighted by Crippen LogP contribution is -2.24. The maximum atomic E-state index is 12.0. The van der Waals surface area contributed by atoms with Crippen LogP contribution in [0.15, 0.2) is 48.5 Å². The summed E-state index contributed by atoms with van der Waals surface area (Å²) in [6.45, 7) is 3.24. The second-order valence-electron chi connectivity index (χ2n) is 6.23. The molecule has 0 saturated carbocycles. The Morgan fingerprint density at radius 2 is 1.64 bits per heavy atom. The van der Waals surface area contributed by atoms with E-state index in [1.54, 1.807) is 24.3 Å². The van der Waals surface area contributed by atoms with E-state index in [0.29, 0.717) is 5.75 Å². The second-order valence-corrected chi connectivity index (χ2v) is 6.23. The molecular weight excluding hydrogens is 362 g/mol. The molecule has 0 aliphatic carbocycles. The van der Waals surface area contributed by atoms with Crippen molar-refractivity contribution >= 4 is 23.5 Å². The number of methoxy groups -OCH3 is 1. The van der Waals surface area contributed by atoms with E-state index in [2.05, 4.69) is 10.1 Å². The summed E-state index contributed by atoms with van der Waals surface area (Å²) < 4.78 is 15.1. The van der Waals surface area contributed by atoms with Gasteiger partial charge >= 0.3 is 11.9 Å². The van der Waals surface area contributed by atoms with Gasteiger partial charge in [0.15, 0.2) is 13.2 Å². The van der Waals surface area contributed by atoms with E-state index in [9.17, 15) is 14.4 Å². The van der Waals surface area contributed by atoms with Gasteiger partial charge in [-0.25, -0.2) is 9.59 Å². The van der Waals surface area contributed by atoms with Crippen molar-refractivity contribution in [1.29, 1.82) is 0 Å². The zero-order valence-corrected chi connectivity index (χ0v) is 16.1. The number of hydrogen-bond donors (Lipinski definition) is 1. The van der Waals surface area contributed by atoms with Gasteiger partial charge in [-0.05, 0) is 29.7 Å². The lowest BCUT2D eigenvalue weighted by atomic mass is 10.0. The molecule has 0 atom stereocenters. The molecule has 0 aromatic heterocycles. The average Bonchev–Trinajstić information content (AvgIpc) is 2.70. The minimum atomic E-state index is -0.671. The molecule has 0 aliphatic rings. The quantitative estimate of drug-likeness (QED) is 0.702. The topological polar surface area (TPSA) is 90.9 Å². The van der Waals surface area contributed by atoms with Gasteiger partial charge in [0.1, 0.15) is 5.75 Å². The highest BCUT2D eigenvalue weighted by atomic mass is 16.6. The zero-order valence-electron chi connectivity index (χ0n) is 16.1. The highest BCUT2D eigenvalue weighted by molar-refractivity contribution is 6.01. The van der Waals surface area contributed by atoms with E-state index in [0.717, 1.165) is 5.56 Å². The molecule has 2 aromatic rings. The van der Waals surface area contributed by atoms with E-state index in [1.807, 2.05) is 32.0 Å². The van der Waals surface area contributed by atoms with E-state index in [4.69, 9.17) is 9.47 Å². The summed E-state index contributed by atoms with van der Waals surface area (Å²) in [5.74, 6) is -0.980. The number of para-hydroxylation sites is 2. The number of amides is 1. The standard InChI is InChI=1S/C21H23NO6/c1-14(2)15-8-5-7-11-18(15)27-13-20(24)28-12-19(23)22-17-10-6-4-9-16(17)21(25)26-3/h4-11,14H,12-13H2,1-3H3,(H,22,23). The number of benzene rings is 2. The van der Waals surface area contributed by atoms with Crippen molar-refractivity contribution in [3.05, 3.63) is 59.7 Å². The SMILES string of the molecule is COC(=O)c1ccccc1NC(=O)COC(=O)COc1ccccc1C(C)C. The normalized spacial score (nSPS) is 10.3. The third-order valence-electron chi connectivity index (χ3n) is 3.86. The van der Waals surface area contributed by atoms with Crippen LogP contribution in [-0.2, 0) is 19.1 Å². The molecule has 2 aromatic carbocycles. The largest absolute Gasteiger partial charge is 0.482 e. The third kappa shape index (κ3) is 5.84. The summed E-state index contributed by atoms with van der Waals surface area (Å²) in [6.07, 6.45) is 0. The average molecular weight is 385 g/mol. The molecule has 0 spiro atoms. The molecule has 7 heteroatoms. The van der Waals surface area contributed by atoms with Gasteiger partial charge < -0.3 is 19.5 Å². The van der Waals surface area contributed by atoms with Crippen LogP contribution < -0.4 is 10.1 Å². The Morgan fingerprint density at radius 3 is 2.36 bits per heavy atom. The number of esters is 2. The van der Waals surface area contributed by atoms with Crippen molar-refractivity contribution in [3.63, 3.8) is 0 Å². The summed E-state index contributed by atoms with van der Waals surface area (Å²) in [5.41, 5.74) is 1.46. The van der Waals surface area contributed by atoms with E-state index in [-0.39, 0.29) is 23.8 Å². The number of carbonyl (C=O) groups excluding carboxylic acids is 3. The molecule has 0 unspecified atom stereocenters. The Morgan fingerprint density at radius 1 is 0.964 bits per heavy atom. The van der Waals surface area contributed by atoms with Gasteiger partial charge in [-0.2, -0.15) is 0 Å². The van der Waals surface area contributed by atoms with Crippen LogP contribution in [0.25, 0.3) is 0 Å². The molecule has 0 heterocycles. The number of nitrogens with one attached hydrogen (secondary N) is 1. The van der Waals surface area contributed by atoms with Crippen LogP contribution >= 0.6 is 0 Å². The van der Waals surface area contributed by atoms with Crippen LogP contribution in [0.5, 0.6) is 5.75 Å². The van der Waals surface area contributed by atoms with Crippen molar-refractivity contribution in [2.45, 2.75) is 19.8 Å². The van der Waals surface area contributed by atoms with E-state index >= 15 is 0 Å². The molecule has 2 rings (SSSR count). The number of anilines is 1. The molecule has 0 aliphatic heterocycles. The first-order valence-corrected chi connectivity index (χ1v) is 8.77. The van der Waals surface area contributed by atoms with Gasteiger partial charge in [-0.3, -0.25) is 4.79 Å². The van der Waals surface area contributed by atoms with Crippen LogP contribution in [0.1, 0.15) is 35.7 Å². The summed E-state index contributed by atoms with van der Waals surface area (Å²) >= 11 is 0. The first-order chi connectivity index (χ1) is 13.4. The van der Waals surface area contributed by atoms with Crippen LogP contribution in [0.4, 0.5) is 5.69 Å². The molecule has 148 valence electrons. The molecule has 0 fully saturated rings. The van der Waals surface area contributed by atoms with Crippen LogP contribution in [0, 0.1) is 0 Å². The number of hydrogen-bond acceptors (Lipinski definition) is 6. The van der Waals surface area contributed by atoms with Crippen LogP contribution in [0.2, 0.25) is 0 Å². The minimum absolute atomic E-state index is 0.207. The molecular formula is C21H23NO6. The highest BCUT2D eigenvalue weighted by Gasteiger charge is 2.15. The van der Waals surface area contributed by atoms with Crippen molar-refractivity contribution in [2.24, 2.45) is 0 Å². The molecule has 28 heavy (non-hydrogen) atoms. The Balaban J connectivity index is 1.85. The van der Waals surface area contributed by atoms with E-state index in [1.165, 1.54) is 13.2 Å². The van der Waals surface area contributed by atoms with Crippen molar-refractivity contribution < 1.29 is 28.6 Å². The number of ether oxygens (including phenoxy) is 3. The summed E-state index contributed by atoms with van der Waals surface area (Å²) in [4.78, 5) is 35.6. The predicted molar refractivity (Wildman–Crippen MR) is 103 cm³/mol. The lowest BCUT2D eigenvalue weighted by Gasteiger charge is -2.13. The van der Waals surface area contributed by atoms with Crippen molar-refractivity contribution in [3.8, 4) is 5.75 Å². The number of rotatable bonds is 8. The first kappa shape index (κ1) is 21.0. The van der Waals surface area contributed by atoms with Gasteiger partial charge in [0, 0.05) is 0 Å². The molecule has 1 amide bonds. The minimum Gasteiger partial charge on any atom is -0.482 e. The second kappa shape index (κ2) is 10.1. The number of carbonyl (C=O) groups is 3. The maximum absolute atomic E-state index is 12.0. The van der Waals surface area contributed by atoms with Crippen molar-refractivity contribution in [2.75, 3.05) is 25.6 Å². The van der Waals surface area contributed by atoms with Crippen LogP contribution in [0.3, 0.4) is 0 Å². The zero-order chi connectivity index (χ0) is 20.5. The smallest absolute Gasteiger partial charge is 0.344 e. The Labute approximate surface area is 163 Å². The maximum Gasteiger partial charge on any atom is 0.344 e. The van der Waals surface area contributed by atoms with Gasteiger partial charge in [-0.1, -0.05) is 44.2 Å². The summed E-state index contributed by atoms with van der Waals surface area (Å²) in [6, 6.07) is 13.8. The fraction of sp³-hybridized carbons (Fsp3) is 0.286. The van der Waals surface area contributed by atoms with Gasteiger partial charge in [0.25, 0.3) is 5.91 Å². The Hall–Kier alpha value is -3.35. The summed E-state index contributed by atoms with van der Waals surface area (Å²) in [7, 11) is 1.25. The van der Waals surface area contributed by atoms with Gasteiger partial charge in [0.2, 0.25) is 0 Å². The van der Waals surface area contributed by atoms with Gasteiger partial charge in [-0.15, -0.1) is 0 Å². The molecule has 1 N–H and O–H groups in total. The Kier molecular flexibility index (Phi) is 7.56. The predicted octanol–water partition coefficient (Wildman–Crippen LogP) is 3.16. The molecule has 0 saturated heterocycles. The first-order valence-electron chi connectivity index (χ1n) is 8.77. The van der Waals surface area contributed by atoms with E-state index < -0.39 is 24.5 Å². The fourth-order valence-electron chi connectivity index (χ4n) is 2.48.